The van der Waals surface area contributed by atoms with E-state index in [4.69, 9.17) is 0 Å². The molecule has 1 aromatic heterocycles. The average molecular weight is 391 g/mol. The van der Waals surface area contributed by atoms with Gasteiger partial charge in [-0.1, -0.05) is 34.1 Å². The molecule has 0 unspecified atom stereocenters. The number of rotatable bonds is 2. The summed E-state index contributed by atoms with van der Waals surface area (Å²) in [6.07, 6.45) is 2.21. The fourth-order valence-corrected chi connectivity index (χ4v) is 2.03. The molecule has 0 amide bonds. The maximum Gasteiger partial charge on any atom is 0.264 e. The molecular weight excluding hydrogens is 383 g/mol. The summed E-state index contributed by atoms with van der Waals surface area (Å²) in [5, 5.41) is 0. The Morgan fingerprint density at radius 1 is 1.38 bits per heavy atom. The lowest BCUT2D eigenvalue weighted by Crippen LogP contribution is -2.14. The van der Waals surface area contributed by atoms with Gasteiger partial charge in [-0.25, -0.2) is 4.98 Å². The van der Waals surface area contributed by atoms with Gasteiger partial charge < -0.3 is 4.98 Å². The Balaban J connectivity index is 2.31. The van der Waals surface area contributed by atoms with Gasteiger partial charge in [0.25, 0.3) is 5.56 Å². The first-order chi connectivity index (χ1) is 7.66. The summed E-state index contributed by atoms with van der Waals surface area (Å²) in [6, 6.07) is 7.89. The summed E-state index contributed by atoms with van der Waals surface area (Å²) in [5.74, 6) is 0.678. The summed E-state index contributed by atoms with van der Waals surface area (Å²) in [6.45, 7) is 0. The van der Waals surface area contributed by atoms with Crippen LogP contribution >= 0.6 is 38.5 Å². The highest BCUT2D eigenvalue weighted by Crippen LogP contribution is 2.17. The summed E-state index contributed by atoms with van der Waals surface area (Å²) >= 11 is 5.43. The molecule has 0 fully saturated rings. The maximum atomic E-state index is 11.4. The average Bonchev–Trinajstić information content (AvgIpc) is 2.27. The summed E-state index contributed by atoms with van der Waals surface area (Å²) < 4.78 is 1.63. The van der Waals surface area contributed by atoms with Crippen LogP contribution in [0.3, 0.4) is 0 Å². The van der Waals surface area contributed by atoms with Crippen LogP contribution in [0.15, 0.2) is 39.7 Å². The molecular formula is C11H8BrIN2O. The first-order valence-corrected chi connectivity index (χ1v) is 6.51. The highest BCUT2D eigenvalue weighted by molar-refractivity contribution is 14.1. The van der Waals surface area contributed by atoms with Crippen molar-refractivity contribution < 1.29 is 0 Å². The molecule has 1 aromatic carbocycles. The van der Waals surface area contributed by atoms with Crippen LogP contribution in [0, 0.1) is 3.57 Å². The standard InChI is InChI=1S/C11H8BrIN2O/c12-8-4-2-1-3-7(8)5-10-14-6-9(13)11(16)15-10/h1-4,6H,5H2,(H,14,15,16). The Morgan fingerprint density at radius 3 is 2.81 bits per heavy atom. The summed E-state index contributed by atoms with van der Waals surface area (Å²) in [4.78, 5) is 18.3. The van der Waals surface area contributed by atoms with Crippen molar-refractivity contribution >= 4 is 38.5 Å². The van der Waals surface area contributed by atoms with Crippen molar-refractivity contribution in [2.45, 2.75) is 6.42 Å². The monoisotopic (exact) mass is 390 g/mol. The second kappa shape index (κ2) is 5.09. The van der Waals surface area contributed by atoms with Crippen molar-refractivity contribution in [3.05, 3.63) is 60.2 Å². The van der Waals surface area contributed by atoms with Crippen LogP contribution in [0.5, 0.6) is 0 Å². The first kappa shape index (κ1) is 11.8. The molecule has 0 bridgehead atoms. The molecule has 0 aliphatic carbocycles. The normalized spacial score (nSPS) is 10.4. The predicted octanol–water partition coefficient (Wildman–Crippen LogP) is 2.73. The molecule has 0 spiro atoms. The number of hydrogen-bond acceptors (Lipinski definition) is 2. The number of nitrogens with zero attached hydrogens (tertiary/aromatic N) is 1. The number of hydrogen-bond donors (Lipinski definition) is 1. The van der Waals surface area contributed by atoms with Crippen LogP contribution in [0.1, 0.15) is 11.4 Å². The van der Waals surface area contributed by atoms with Crippen molar-refractivity contribution in [3.63, 3.8) is 0 Å². The van der Waals surface area contributed by atoms with Gasteiger partial charge in [0.15, 0.2) is 0 Å². The van der Waals surface area contributed by atoms with E-state index in [2.05, 4.69) is 25.9 Å². The molecule has 1 heterocycles. The summed E-state index contributed by atoms with van der Waals surface area (Å²) in [5.41, 5.74) is 1.02. The number of nitrogens with one attached hydrogen (secondary N) is 1. The molecule has 82 valence electrons. The molecule has 16 heavy (non-hydrogen) atoms. The second-order valence-electron chi connectivity index (χ2n) is 3.28. The van der Waals surface area contributed by atoms with Gasteiger partial charge in [0, 0.05) is 17.1 Å². The fraction of sp³-hybridized carbons (Fsp3) is 0.0909. The van der Waals surface area contributed by atoms with Crippen LogP contribution in [-0.4, -0.2) is 9.97 Å². The van der Waals surface area contributed by atoms with E-state index in [1.54, 1.807) is 6.20 Å². The topological polar surface area (TPSA) is 45.8 Å². The molecule has 0 atom stereocenters. The number of aromatic nitrogens is 2. The Hall–Kier alpha value is -0.690. The Bertz CT molecular complexity index is 568. The quantitative estimate of drug-likeness (QED) is 0.801. The minimum absolute atomic E-state index is 0.0855. The molecule has 3 nitrogen and oxygen atoms in total. The molecule has 0 aliphatic heterocycles. The van der Waals surface area contributed by atoms with Crippen molar-refractivity contribution in [1.29, 1.82) is 0 Å². The van der Waals surface area contributed by atoms with E-state index in [1.165, 1.54) is 0 Å². The lowest BCUT2D eigenvalue weighted by atomic mass is 10.1. The van der Waals surface area contributed by atoms with Crippen LogP contribution in [0.4, 0.5) is 0 Å². The second-order valence-corrected chi connectivity index (χ2v) is 5.29. The van der Waals surface area contributed by atoms with E-state index < -0.39 is 0 Å². The van der Waals surface area contributed by atoms with Crippen LogP contribution < -0.4 is 5.56 Å². The molecule has 2 aromatic rings. The van der Waals surface area contributed by atoms with Gasteiger partial charge >= 0.3 is 0 Å². The van der Waals surface area contributed by atoms with E-state index in [0.29, 0.717) is 15.8 Å². The van der Waals surface area contributed by atoms with Gasteiger partial charge in [-0.05, 0) is 34.2 Å². The van der Waals surface area contributed by atoms with Crippen molar-refractivity contribution in [2.75, 3.05) is 0 Å². The third-order valence-electron chi connectivity index (χ3n) is 2.12. The van der Waals surface area contributed by atoms with E-state index in [-0.39, 0.29) is 5.56 Å². The van der Waals surface area contributed by atoms with E-state index in [1.807, 2.05) is 46.9 Å². The zero-order chi connectivity index (χ0) is 11.5. The maximum absolute atomic E-state index is 11.4. The highest BCUT2D eigenvalue weighted by atomic mass is 127. The Labute approximate surface area is 115 Å². The zero-order valence-electron chi connectivity index (χ0n) is 8.21. The largest absolute Gasteiger partial charge is 0.309 e. The summed E-state index contributed by atoms with van der Waals surface area (Å²) in [7, 11) is 0. The van der Waals surface area contributed by atoms with Gasteiger partial charge in [0.05, 0.1) is 3.57 Å². The number of H-pyrrole nitrogens is 1. The molecule has 0 saturated carbocycles. The van der Waals surface area contributed by atoms with Gasteiger partial charge in [-0.3, -0.25) is 4.79 Å². The molecule has 0 saturated heterocycles. The SMILES string of the molecule is O=c1[nH]c(Cc2ccccc2Br)ncc1I. The third kappa shape index (κ3) is 2.70. The van der Waals surface area contributed by atoms with Crippen molar-refractivity contribution in [1.82, 2.24) is 9.97 Å². The number of halogens is 2. The lowest BCUT2D eigenvalue weighted by Gasteiger charge is -2.03. The lowest BCUT2D eigenvalue weighted by molar-refractivity contribution is 0.934. The van der Waals surface area contributed by atoms with Gasteiger partial charge in [0.1, 0.15) is 5.82 Å². The van der Waals surface area contributed by atoms with Crippen molar-refractivity contribution in [3.8, 4) is 0 Å². The Kier molecular flexibility index (Phi) is 3.75. The number of benzene rings is 1. The van der Waals surface area contributed by atoms with E-state index >= 15 is 0 Å². The third-order valence-corrected chi connectivity index (χ3v) is 3.67. The molecule has 0 radical (unpaired) electrons. The minimum atomic E-state index is -0.0855. The molecule has 1 N–H and O–H groups in total. The van der Waals surface area contributed by atoms with Gasteiger partial charge in [-0.15, -0.1) is 0 Å². The zero-order valence-corrected chi connectivity index (χ0v) is 11.9. The minimum Gasteiger partial charge on any atom is -0.309 e. The van der Waals surface area contributed by atoms with Gasteiger partial charge in [-0.2, -0.15) is 0 Å². The van der Waals surface area contributed by atoms with Crippen LogP contribution in [0.2, 0.25) is 0 Å². The first-order valence-electron chi connectivity index (χ1n) is 4.64. The molecule has 0 aliphatic rings. The molecule has 2 rings (SSSR count). The van der Waals surface area contributed by atoms with E-state index in [9.17, 15) is 4.79 Å². The number of aromatic amines is 1. The van der Waals surface area contributed by atoms with Crippen LogP contribution in [-0.2, 0) is 6.42 Å². The smallest absolute Gasteiger partial charge is 0.264 e. The van der Waals surface area contributed by atoms with Crippen molar-refractivity contribution in [2.24, 2.45) is 0 Å². The fourth-order valence-electron chi connectivity index (χ4n) is 1.33. The predicted molar refractivity (Wildman–Crippen MR) is 74.5 cm³/mol. The molecule has 5 heteroatoms. The Morgan fingerprint density at radius 2 is 2.12 bits per heavy atom. The van der Waals surface area contributed by atoms with E-state index in [0.717, 1.165) is 10.0 Å². The van der Waals surface area contributed by atoms with Gasteiger partial charge in [0.2, 0.25) is 0 Å². The highest BCUT2D eigenvalue weighted by Gasteiger charge is 2.03. The van der Waals surface area contributed by atoms with Crippen LogP contribution in [0.25, 0.3) is 0 Å².